The molecular weight excluding hydrogens is 429 g/mol. The Bertz CT molecular complexity index is 964. The monoisotopic (exact) mass is 460 g/mol. The lowest BCUT2D eigenvalue weighted by Gasteiger charge is -2.32. The number of hydrogen-bond donors (Lipinski definition) is 2. The highest BCUT2D eigenvalue weighted by Gasteiger charge is 2.43. The number of hydrogen-bond acceptors (Lipinski definition) is 5. The maximum Gasteiger partial charge on any atom is 0.168 e. The standard InChI is InChI=1S/C25H31F3N4O/c26-18-11-20(24(28)21(27)12-18)22-5-6-23(31-30-22)29-19-9-16-13-32(14-17(16)10-19)15-25(33)7-3-1-2-4-8-25/h5-6,11-12,16-17,19,33H,1-4,7-10,13-15H2,(H,29,31)/t16-,17+,19-. The smallest absolute Gasteiger partial charge is 0.168 e. The zero-order chi connectivity index (χ0) is 23.0. The maximum atomic E-state index is 14.0. The Hall–Kier alpha value is -2.19. The third-order valence-electron chi connectivity index (χ3n) is 7.66. The Labute approximate surface area is 192 Å². The Morgan fingerprint density at radius 3 is 2.30 bits per heavy atom. The molecule has 3 aliphatic rings. The van der Waals surface area contributed by atoms with E-state index < -0.39 is 23.1 Å². The summed E-state index contributed by atoms with van der Waals surface area (Å²) in [6.45, 7) is 2.85. The van der Waals surface area contributed by atoms with Gasteiger partial charge in [0.1, 0.15) is 11.6 Å². The molecule has 1 saturated heterocycles. The summed E-state index contributed by atoms with van der Waals surface area (Å²) in [5.41, 5.74) is -0.669. The van der Waals surface area contributed by atoms with E-state index in [0.29, 0.717) is 23.7 Å². The molecule has 2 saturated carbocycles. The fourth-order valence-corrected chi connectivity index (χ4v) is 6.11. The molecule has 2 N–H and O–H groups in total. The highest BCUT2D eigenvalue weighted by Crippen LogP contribution is 2.40. The summed E-state index contributed by atoms with van der Waals surface area (Å²) in [5, 5.41) is 22.5. The minimum atomic E-state index is -1.24. The van der Waals surface area contributed by atoms with Crippen LogP contribution in [0.1, 0.15) is 51.4 Å². The van der Waals surface area contributed by atoms with Gasteiger partial charge in [0.25, 0.3) is 0 Å². The molecule has 0 unspecified atom stereocenters. The SMILES string of the molecule is OC1(CN2C[C@H]3C[C@@H](Nc4ccc(-c5cc(F)cc(F)c5F)nn4)C[C@H]3C2)CCCCCC1. The van der Waals surface area contributed by atoms with E-state index in [4.69, 9.17) is 0 Å². The summed E-state index contributed by atoms with van der Waals surface area (Å²) >= 11 is 0. The van der Waals surface area contributed by atoms with Crippen molar-refractivity contribution < 1.29 is 18.3 Å². The molecule has 0 bridgehead atoms. The molecule has 33 heavy (non-hydrogen) atoms. The van der Waals surface area contributed by atoms with Crippen LogP contribution in [0.5, 0.6) is 0 Å². The first-order chi connectivity index (χ1) is 15.9. The zero-order valence-corrected chi connectivity index (χ0v) is 18.7. The molecule has 1 aromatic heterocycles. The van der Waals surface area contributed by atoms with E-state index >= 15 is 0 Å². The predicted octanol–water partition coefficient (Wildman–Crippen LogP) is 4.77. The van der Waals surface area contributed by atoms with Gasteiger partial charge >= 0.3 is 0 Å². The quantitative estimate of drug-likeness (QED) is 0.497. The van der Waals surface area contributed by atoms with Crippen molar-refractivity contribution in [3.05, 3.63) is 41.7 Å². The van der Waals surface area contributed by atoms with Crippen LogP contribution in [0.15, 0.2) is 24.3 Å². The second-order valence-corrected chi connectivity index (χ2v) is 10.2. The third-order valence-corrected chi connectivity index (χ3v) is 7.66. The van der Waals surface area contributed by atoms with Gasteiger partial charge in [-0.15, -0.1) is 10.2 Å². The van der Waals surface area contributed by atoms with Crippen LogP contribution in [-0.2, 0) is 0 Å². The number of nitrogens with one attached hydrogen (secondary N) is 1. The van der Waals surface area contributed by atoms with Gasteiger partial charge in [-0.2, -0.15) is 0 Å². The molecule has 178 valence electrons. The molecule has 2 aromatic rings. The van der Waals surface area contributed by atoms with E-state index in [-0.39, 0.29) is 17.3 Å². The summed E-state index contributed by atoms with van der Waals surface area (Å²) < 4.78 is 41.0. The van der Waals surface area contributed by atoms with Gasteiger partial charge in [-0.05, 0) is 55.7 Å². The summed E-state index contributed by atoms with van der Waals surface area (Å²) in [5.74, 6) is -1.45. The van der Waals surface area contributed by atoms with Crippen LogP contribution in [0.4, 0.5) is 19.0 Å². The predicted molar refractivity (Wildman–Crippen MR) is 120 cm³/mol. The molecule has 2 aliphatic carbocycles. The molecule has 5 rings (SSSR count). The molecule has 8 heteroatoms. The van der Waals surface area contributed by atoms with Gasteiger partial charge in [0.2, 0.25) is 0 Å². The maximum absolute atomic E-state index is 14.0. The van der Waals surface area contributed by atoms with Gasteiger partial charge in [0.15, 0.2) is 11.6 Å². The minimum Gasteiger partial charge on any atom is -0.389 e. The number of aliphatic hydroxyl groups is 1. The van der Waals surface area contributed by atoms with E-state index in [1.54, 1.807) is 6.07 Å². The number of nitrogens with zero attached hydrogens (tertiary/aromatic N) is 3. The molecule has 1 aliphatic heterocycles. The molecule has 5 nitrogen and oxygen atoms in total. The van der Waals surface area contributed by atoms with E-state index in [9.17, 15) is 18.3 Å². The average molecular weight is 461 g/mol. The number of halogens is 3. The van der Waals surface area contributed by atoms with Crippen molar-refractivity contribution in [2.24, 2.45) is 11.8 Å². The molecule has 0 amide bonds. The molecule has 0 spiro atoms. The number of rotatable bonds is 5. The van der Waals surface area contributed by atoms with Crippen LogP contribution in [-0.4, -0.2) is 51.5 Å². The highest BCUT2D eigenvalue weighted by atomic mass is 19.2. The third kappa shape index (κ3) is 5.01. The molecule has 0 radical (unpaired) electrons. The first-order valence-corrected chi connectivity index (χ1v) is 12.1. The van der Waals surface area contributed by atoms with Gasteiger partial charge in [-0.3, -0.25) is 4.90 Å². The normalized spacial score (nSPS) is 27.3. The number of anilines is 1. The number of likely N-dealkylation sites (tertiary alicyclic amines) is 1. The fraction of sp³-hybridized carbons (Fsp3) is 0.600. The number of fused-ring (bicyclic) bond motifs is 1. The van der Waals surface area contributed by atoms with Gasteiger partial charge in [0.05, 0.1) is 11.3 Å². The van der Waals surface area contributed by atoms with E-state index in [1.807, 2.05) is 0 Å². The van der Waals surface area contributed by atoms with Crippen LogP contribution in [0.2, 0.25) is 0 Å². The molecule has 2 heterocycles. The second-order valence-electron chi connectivity index (χ2n) is 10.2. The summed E-state index contributed by atoms with van der Waals surface area (Å²) in [6.07, 6.45) is 8.64. The van der Waals surface area contributed by atoms with Gasteiger partial charge in [-0.25, -0.2) is 13.2 Å². The van der Waals surface area contributed by atoms with Crippen molar-refractivity contribution in [2.75, 3.05) is 25.0 Å². The van der Waals surface area contributed by atoms with Gasteiger partial charge < -0.3 is 10.4 Å². The summed E-state index contributed by atoms with van der Waals surface area (Å²) in [6, 6.07) is 4.92. The van der Waals surface area contributed by atoms with Crippen LogP contribution in [0, 0.1) is 29.3 Å². The highest BCUT2D eigenvalue weighted by molar-refractivity contribution is 5.60. The largest absolute Gasteiger partial charge is 0.389 e. The molecule has 3 fully saturated rings. The first kappa shape index (κ1) is 22.6. The summed E-state index contributed by atoms with van der Waals surface area (Å²) in [4.78, 5) is 2.46. The molecular formula is C25H31F3N4O. The van der Waals surface area contributed by atoms with Crippen molar-refractivity contribution in [3.63, 3.8) is 0 Å². The van der Waals surface area contributed by atoms with E-state index in [2.05, 4.69) is 20.4 Å². The Kier molecular flexibility index (Phi) is 6.31. The number of β-amino-alcohol motifs (C(OH)–C–C–N with tert-alkyl or cyclic N) is 1. The Balaban J connectivity index is 1.16. The number of benzene rings is 1. The zero-order valence-electron chi connectivity index (χ0n) is 18.7. The van der Waals surface area contributed by atoms with Crippen molar-refractivity contribution >= 4 is 5.82 Å². The summed E-state index contributed by atoms with van der Waals surface area (Å²) in [7, 11) is 0. The lowest BCUT2D eigenvalue weighted by atomic mass is 9.94. The van der Waals surface area contributed by atoms with Crippen LogP contribution in [0.25, 0.3) is 11.3 Å². The van der Waals surface area contributed by atoms with E-state index in [1.165, 1.54) is 18.9 Å². The molecule has 1 aromatic carbocycles. The van der Waals surface area contributed by atoms with Crippen molar-refractivity contribution in [3.8, 4) is 11.3 Å². The van der Waals surface area contributed by atoms with E-state index in [0.717, 1.165) is 64.2 Å². The number of aromatic nitrogens is 2. The molecule has 3 atom stereocenters. The lowest BCUT2D eigenvalue weighted by molar-refractivity contribution is -0.00559. The Morgan fingerprint density at radius 1 is 0.970 bits per heavy atom. The fourth-order valence-electron chi connectivity index (χ4n) is 6.11. The Morgan fingerprint density at radius 2 is 1.67 bits per heavy atom. The lowest BCUT2D eigenvalue weighted by Crippen LogP contribution is -2.42. The van der Waals surface area contributed by atoms with Crippen LogP contribution in [0.3, 0.4) is 0 Å². The average Bonchev–Trinajstić information content (AvgIpc) is 3.22. The van der Waals surface area contributed by atoms with Crippen molar-refractivity contribution in [1.82, 2.24) is 15.1 Å². The topological polar surface area (TPSA) is 61.3 Å². The minimum absolute atomic E-state index is 0.0897. The first-order valence-electron chi connectivity index (χ1n) is 12.1. The van der Waals surface area contributed by atoms with Crippen LogP contribution >= 0.6 is 0 Å². The van der Waals surface area contributed by atoms with Crippen LogP contribution < -0.4 is 5.32 Å². The van der Waals surface area contributed by atoms with Crippen molar-refractivity contribution in [2.45, 2.75) is 63.0 Å². The second kappa shape index (κ2) is 9.22. The van der Waals surface area contributed by atoms with Gasteiger partial charge in [0, 0.05) is 37.3 Å². The van der Waals surface area contributed by atoms with Crippen molar-refractivity contribution in [1.29, 1.82) is 0 Å². The van der Waals surface area contributed by atoms with Gasteiger partial charge in [-0.1, -0.05) is 25.7 Å².